The largest absolute Gasteiger partial charge is 0.315 e. The molecule has 14 heavy (non-hydrogen) atoms. The zero-order valence-electron chi connectivity index (χ0n) is 8.63. The lowest BCUT2D eigenvalue weighted by Gasteiger charge is -2.24. The first-order valence-electron chi connectivity index (χ1n) is 5.74. The fourth-order valence-electron chi connectivity index (χ4n) is 2.32. The normalized spacial score (nSPS) is 31.9. The minimum absolute atomic E-state index is 0.428. The van der Waals surface area contributed by atoms with Gasteiger partial charge < -0.3 is 5.32 Å². The van der Waals surface area contributed by atoms with E-state index in [9.17, 15) is 4.21 Å². The van der Waals surface area contributed by atoms with E-state index in [0.29, 0.717) is 11.3 Å². The molecule has 0 radical (unpaired) electrons. The average Bonchev–Trinajstić information content (AvgIpc) is 2.72. The van der Waals surface area contributed by atoms with Crippen molar-refractivity contribution in [2.45, 2.75) is 49.8 Å². The van der Waals surface area contributed by atoms with Crippen molar-refractivity contribution in [3.8, 4) is 0 Å². The van der Waals surface area contributed by atoms with E-state index in [4.69, 9.17) is 0 Å². The van der Waals surface area contributed by atoms with Crippen LogP contribution in [0.15, 0.2) is 0 Å². The van der Waals surface area contributed by atoms with Crippen LogP contribution in [0.3, 0.4) is 0 Å². The van der Waals surface area contributed by atoms with Crippen molar-refractivity contribution < 1.29 is 4.21 Å². The molecule has 2 N–H and O–H groups in total. The van der Waals surface area contributed by atoms with Crippen molar-refractivity contribution in [3.63, 3.8) is 0 Å². The number of hydrogen-bond acceptors (Lipinski definition) is 2. The highest BCUT2D eigenvalue weighted by Gasteiger charge is 2.24. The Bertz CT molecular complexity index is 198. The van der Waals surface area contributed by atoms with E-state index in [0.717, 1.165) is 25.9 Å². The van der Waals surface area contributed by atoms with Crippen LogP contribution in [0, 0.1) is 0 Å². The van der Waals surface area contributed by atoms with E-state index in [1.807, 2.05) is 0 Å². The average molecular weight is 216 g/mol. The van der Waals surface area contributed by atoms with E-state index < -0.39 is 11.0 Å². The first kappa shape index (κ1) is 10.6. The third kappa shape index (κ3) is 2.78. The third-order valence-corrected chi connectivity index (χ3v) is 4.83. The van der Waals surface area contributed by atoms with Gasteiger partial charge in [0.15, 0.2) is 0 Å². The van der Waals surface area contributed by atoms with Crippen molar-refractivity contribution in [1.82, 2.24) is 10.0 Å². The topological polar surface area (TPSA) is 41.1 Å². The molecule has 2 atom stereocenters. The van der Waals surface area contributed by atoms with Gasteiger partial charge in [-0.3, -0.25) is 0 Å². The Morgan fingerprint density at radius 2 is 1.93 bits per heavy atom. The first-order valence-corrected chi connectivity index (χ1v) is 6.95. The molecule has 2 rings (SSSR count). The van der Waals surface area contributed by atoms with Crippen molar-refractivity contribution in [2.75, 3.05) is 13.1 Å². The summed E-state index contributed by atoms with van der Waals surface area (Å²) in [6.07, 6.45) is 7.21. The molecule has 1 heterocycles. The van der Waals surface area contributed by atoms with Crippen LogP contribution in [0.25, 0.3) is 0 Å². The Morgan fingerprint density at radius 3 is 2.57 bits per heavy atom. The second-order valence-electron chi connectivity index (χ2n) is 4.37. The Balaban J connectivity index is 1.75. The Labute approximate surface area is 88.6 Å². The summed E-state index contributed by atoms with van der Waals surface area (Å²) in [6.45, 7) is 2.10. The number of hydrogen-bond donors (Lipinski definition) is 2. The van der Waals surface area contributed by atoms with Crippen molar-refractivity contribution in [1.29, 1.82) is 0 Å². The van der Waals surface area contributed by atoms with E-state index in [2.05, 4.69) is 10.0 Å². The Hall–Kier alpha value is 0.0700. The molecule has 82 valence electrons. The lowest BCUT2D eigenvalue weighted by atomic mass is 10.1. The highest BCUT2D eigenvalue weighted by Crippen LogP contribution is 2.22. The van der Waals surface area contributed by atoms with E-state index in [-0.39, 0.29) is 0 Å². The van der Waals surface area contributed by atoms with Gasteiger partial charge in [-0.2, -0.15) is 0 Å². The van der Waals surface area contributed by atoms with Crippen LogP contribution in [0.1, 0.15) is 38.5 Å². The summed E-state index contributed by atoms with van der Waals surface area (Å²) in [6, 6.07) is 0.435. The summed E-state index contributed by atoms with van der Waals surface area (Å²) >= 11 is 0. The van der Waals surface area contributed by atoms with Gasteiger partial charge in [0.2, 0.25) is 0 Å². The summed E-state index contributed by atoms with van der Waals surface area (Å²) in [5.74, 6) is 0. The molecule has 3 nitrogen and oxygen atoms in total. The molecule has 4 heteroatoms. The quantitative estimate of drug-likeness (QED) is 0.737. The van der Waals surface area contributed by atoms with Gasteiger partial charge in [0.25, 0.3) is 0 Å². The molecular weight excluding hydrogens is 196 g/mol. The van der Waals surface area contributed by atoms with Crippen LogP contribution in [-0.2, 0) is 11.0 Å². The van der Waals surface area contributed by atoms with Crippen LogP contribution in [0.5, 0.6) is 0 Å². The summed E-state index contributed by atoms with van der Waals surface area (Å²) in [5, 5.41) is 3.76. The molecule has 1 aliphatic heterocycles. The zero-order chi connectivity index (χ0) is 9.80. The van der Waals surface area contributed by atoms with E-state index in [1.54, 1.807) is 0 Å². The lowest BCUT2D eigenvalue weighted by Crippen LogP contribution is -2.45. The highest BCUT2D eigenvalue weighted by molar-refractivity contribution is 7.83. The van der Waals surface area contributed by atoms with Crippen LogP contribution in [0.2, 0.25) is 0 Å². The molecule has 0 aromatic heterocycles. The molecule has 1 unspecified atom stereocenters. The van der Waals surface area contributed by atoms with Gasteiger partial charge in [-0.1, -0.05) is 12.8 Å². The van der Waals surface area contributed by atoms with E-state index in [1.165, 1.54) is 25.7 Å². The van der Waals surface area contributed by atoms with Gasteiger partial charge in [-0.15, -0.1) is 0 Å². The Kier molecular flexibility index (Phi) is 3.96. The van der Waals surface area contributed by atoms with Gasteiger partial charge in [0.05, 0.1) is 11.0 Å². The van der Waals surface area contributed by atoms with Gasteiger partial charge in [-0.25, -0.2) is 8.93 Å². The van der Waals surface area contributed by atoms with Gasteiger partial charge in [0, 0.05) is 17.8 Å². The van der Waals surface area contributed by atoms with Gasteiger partial charge in [0.1, 0.15) is 0 Å². The molecule has 1 saturated heterocycles. The maximum atomic E-state index is 11.9. The molecule has 0 aromatic rings. The lowest BCUT2D eigenvalue weighted by molar-refractivity contribution is 0.435. The van der Waals surface area contributed by atoms with Crippen LogP contribution in [-0.4, -0.2) is 28.6 Å². The van der Waals surface area contributed by atoms with Crippen molar-refractivity contribution in [3.05, 3.63) is 0 Å². The van der Waals surface area contributed by atoms with Gasteiger partial charge in [-0.05, 0) is 32.2 Å². The van der Waals surface area contributed by atoms with Crippen molar-refractivity contribution >= 4 is 11.0 Å². The molecule has 1 aliphatic carbocycles. The maximum absolute atomic E-state index is 11.9. The van der Waals surface area contributed by atoms with Gasteiger partial charge >= 0.3 is 0 Å². The molecular formula is C10H20N2OS. The smallest absolute Gasteiger partial charge is 0.0950 e. The maximum Gasteiger partial charge on any atom is 0.0950 e. The molecule has 0 spiro atoms. The van der Waals surface area contributed by atoms with Crippen LogP contribution >= 0.6 is 0 Å². The highest BCUT2D eigenvalue weighted by atomic mass is 32.2. The fourth-order valence-corrected chi connectivity index (χ4v) is 3.80. The molecule has 0 aromatic carbocycles. The second kappa shape index (κ2) is 5.24. The standard InChI is InChI=1S/C10H20N2OS/c13-14(10-5-1-2-6-10)12-9-4-3-7-11-8-9/h9-12H,1-8H2/t9-,14?/m1/s1. The SMILES string of the molecule is O=S(N[C@@H]1CCCNC1)C1CCCC1. The second-order valence-corrected chi connectivity index (χ2v) is 5.86. The number of piperidine rings is 1. The Morgan fingerprint density at radius 1 is 1.14 bits per heavy atom. The molecule has 0 amide bonds. The van der Waals surface area contributed by atoms with E-state index >= 15 is 0 Å². The molecule has 0 bridgehead atoms. The van der Waals surface area contributed by atoms with Crippen molar-refractivity contribution in [2.24, 2.45) is 0 Å². The summed E-state index contributed by atoms with van der Waals surface area (Å²) in [7, 11) is -0.783. The van der Waals surface area contributed by atoms with Crippen LogP contribution in [0.4, 0.5) is 0 Å². The predicted octanol–water partition coefficient (Wildman–Crippen LogP) is 0.934. The molecule has 2 fully saturated rings. The molecule has 2 aliphatic rings. The molecule has 1 saturated carbocycles. The number of nitrogens with one attached hydrogen (secondary N) is 2. The first-order chi connectivity index (χ1) is 6.86. The third-order valence-electron chi connectivity index (χ3n) is 3.18. The van der Waals surface area contributed by atoms with Crippen LogP contribution < -0.4 is 10.0 Å². The monoisotopic (exact) mass is 216 g/mol. The summed E-state index contributed by atoms with van der Waals surface area (Å²) in [4.78, 5) is 0. The summed E-state index contributed by atoms with van der Waals surface area (Å²) in [5.41, 5.74) is 0. The minimum atomic E-state index is -0.783. The zero-order valence-corrected chi connectivity index (χ0v) is 9.44. The fraction of sp³-hybridized carbons (Fsp3) is 1.00. The summed E-state index contributed by atoms with van der Waals surface area (Å²) < 4.78 is 15.2. The predicted molar refractivity (Wildman–Crippen MR) is 59.4 cm³/mol. The minimum Gasteiger partial charge on any atom is -0.315 e. The number of rotatable bonds is 3.